The highest BCUT2D eigenvalue weighted by atomic mass is 79.9. The number of aromatic amines is 1. The third kappa shape index (κ3) is 4.96. The first-order chi connectivity index (χ1) is 12.5. The van der Waals surface area contributed by atoms with Crippen molar-refractivity contribution in [3.05, 3.63) is 51.1 Å². The van der Waals surface area contributed by atoms with E-state index in [1.807, 2.05) is 35.7 Å². The fraction of sp³-hybridized carbons (Fsp3) is 0.278. The van der Waals surface area contributed by atoms with E-state index >= 15 is 0 Å². The minimum atomic E-state index is -0.0166. The number of aromatic nitrogens is 3. The topological polar surface area (TPSA) is 70.7 Å². The molecular formula is C18H19BrN4OS2. The van der Waals surface area contributed by atoms with Gasteiger partial charge in [0.15, 0.2) is 5.82 Å². The Morgan fingerprint density at radius 1 is 1.31 bits per heavy atom. The molecule has 1 atom stereocenters. The number of carbonyl (C=O) groups excluding carboxylic acids is 1. The molecule has 0 spiro atoms. The fourth-order valence-corrected chi connectivity index (χ4v) is 4.25. The van der Waals surface area contributed by atoms with Gasteiger partial charge >= 0.3 is 0 Å². The lowest BCUT2D eigenvalue weighted by Crippen LogP contribution is -2.32. The largest absolute Gasteiger partial charge is 0.347 e. The number of hydrogen-bond donors (Lipinski definition) is 2. The number of amides is 1. The molecule has 0 aliphatic heterocycles. The molecule has 26 heavy (non-hydrogen) atoms. The van der Waals surface area contributed by atoms with E-state index in [9.17, 15) is 4.79 Å². The number of rotatable bonds is 7. The molecule has 2 N–H and O–H groups in total. The molecule has 3 aromatic rings. The predicted octanol–water partition coefficient (Wildman–Crippen LogP) is 4.90. The molecule has 2 aromatic heterocycles. The van der Waals surface area contributed by atoms with Crippen molar-refractivity contribution in [3.63, 3.8) is 0 Å². The maximum absolute atomic E-state index is 12.3. The minimum Gasteiger partial charge on any atom is -0.347 e. The normalized spacial score (nSPS) is 12.3. The van der Waals surface area contributed by atoms with Gasteiger partial charge in [0.2, 0.25) is 11.1 Å². The zero-order valence-corrected chi connectivity index (χ0v) is 17.6. The lowest BCUT2D eigenvalue weighted by Gasteiger charge is -2.21. The van der Waals surface area contributed by atoms with Crippen LogP contribution >= 0.6 is 39.0 Å². The Labute approximate surface area is 169 Å². The van der Waals surface area contributed by atoms with Gasteiger partial charge in [0.1, 0.15) is 0 Å². The molecular weight excluding hydrogens is 432 g/mol. The van der Waals surface area contributed by atoms with E-state index < -0.39 is 0 Å². The van der Waals surface area contributed by atoms with E-state index in [0.29, 0.717) is 16.9 Å². The van der Waals surface area contributed by atoms with E-state index in [-0.39, 0.29) is 17.7 Å². The second kappa shape index (κ2) is 8.83. The lowest BCUT2D eigenvalue weighted by atomic mass is 10.0. The van der Waals surface area contributed by atoms with Crippen molar-refractivity contribution < 1.29 is 4.79 Å². The average Bonchev–Trinajstić information content (AvgIpc) is 3.30. The first kappa shape index (κ1) is 19.1. The Morgan fingerprint density at radius 2 is 2.08 bits per heavy atom. The van der Waals surface area contributed by atoms with Gasteiger partial charge in [0.25, 0.3) is 0 Å². The first-order valence-corrected chi connectivity index (χ1v) is 10.8. The van der Waals surface area contributed by atoms with Gasteiger partial charge in [-0.05, 0) is 29.5 Å². The number of thioether (sulfide) groups is 1. The Balaban J connectivity index is 1.57. The van der Waals surface area contributed by atoms with Crippen LogP contribution in [0.5, 0.6) is 0 Å². The monoisotopic (exact) mass is 450 g/mol. The average molecular weight is 451 g/mol. The van der Waals surface area contributed by atoms with Crippen molar-refractivity contribution >= 4 is 44.9 Å². The van der Waals surface area contributed by atoms with Crippen LogP contribution in [0.25, 0.3) is 11.4 Å². The molecule has 136 valence electrons. The van der Waals surface area contributed by atoms with Crippen LogP contribution in [0.4, 0.5) is 0 Å². The van der Waals surface area contributed by atoms with Crippen LogP contribution in [-0.2, 0) is 4.79 Å². The number of carbonyl (C=O) groups is 1. The van der Waals surface area contributed by atoms with Crippen LogP contribution in [0.1, 0.15) is 24.8 Å². The summed E-state index contributed by atoms with van der Waals surface area (Å²) in [5.74, 6) is 1.29. The third-order valence-corrected chi connectivity index (χ3v) is 6.08. The molecule has 8 heteroatoms. The van der Waals surface area contributed by atoms with Crippen molar-refractivity contribution in [3.8, 4) is 11.4 Å². The Bertz CT molecular complexity index is 846. The van der Waals surface area contributed by atoms with Gasteiger partial charge < -0.3 is 5.32 Å². The Morgan fingerprint density at radius 3 is 2.73 bits per heavy atom. The summed E-state index contributed by atoms with van der Waals surface area (Å²) in [6.07, 6.45) is 0. The molecule has 0 radical (unpaired) electrons. The highest BCUT2D eigenvalue weighted by Gasteiger charge is 2.19. The van der Waals surface area contributed by atoms with Crippen LogP contribution in [0.15, 0.2) is 51.4 Å². The van der Waals surface area contributed by atoms with Crippen molar-refractivity contribution in [2.24, 2.45) is 5.92 Å². The van der Waals surface area contributed by atoms with Gasteiger partial charge in [0, 0.05) is 14.9 Å². The van der Waals surface area contributed by atoms with Crippen LogP contribution in [-0.4, -0.2) is 26.8 Å². The molecule has 0 saturated heterocycles. The zero-order valence-electron chi connectivity index (χ0n) is 14.4. The van der Waals surface area contributed by atoms with E-state index in [1.165, 1.54) is 16.6 Å². The number of nitrogens with zero attached hydrogens (tertiary/aromatic N) is 2. The third-order valence-electron chi connectivity index (χ3n) is 3.75. The van der Waals surface area contributed by atoms with Gasteiger partial charge in [-0.1, -0.05) is 59.7 Å². The molecule has 1 aromatic carbocycles. The number of H-pyrrole nitrogens is 1. The number of benzene rings is 1. The lowest BCUT2D eigenvalue weighted by molar-refractivity contribution is -0.119. The minimum absolute atomic E-state index is 0.0166. The van der Waals surface area contributed by atoms with Crippen molar-refractivity contribution in [1.29, 1.82) is 0 Å². The quantitative estimate of drug-likeness (QED) is 0.502. The molecule has 0 aliphatic carbocycles. The second-order valence-electron chi connectivity index (χ2n) is 6.07. The van der Waals surface area contributed by atoms with E-state index in [4.69, 9.17) is 0 Å². The summed E-state index contributed by atoms with van der Waals surface area (Å²) >= 11 is 6.40. The predicted molar refractivity (Wildman–Crippen MR) is 110 cm³/mol. The summed E-state index contributed by atoms with van der Waals surface area (Å²) in [4.78, 5) is 18.0. The maximum Gasteiger partial charge on any atom is 0.230 e. The Hall–Kier alpha value is -1.64. The highest BCUT2D eigenvalue weighted by molar-refractivity contribution is 9.10. The highest BCUT2D eigenvalue weighted by Crippen LogP contribution is 2.26. The standard InChI is InChI=1S/C18H19BrN4OS2/c1-11(2)16(14-4-3-9-25-14)20-15(24)10-26-18-21-17(22-23-18)12-5-7-13(19)8-6-12/h3-9,11,16H,10H2,1-2H3,(H,20,24)(H,21,22,23). The zero-order chi connectivity index (χ0) is 18.5. The van der Waals surface area contributed by atoms with Crippen LogP contribution in [0.3, 0.4) is 0 Å². The summed E-state index contributed by atoms with van der Waals surface area (Å²) in [7, 11) is 0. The van der Waals surface area contributed by atoms with Crippen molar-refractivity contribution in [2.45, 2.75) is 25.0 Å². The molecule has 0 saturated carbocycles. The smallest absolute Gasteiger partial charge is 0.230 e. The van der Waals surface area contributed by atoms with E-state index in [1.54, 1.807) is 11.3 Å². The summed E-state index contributed by atoms with van der Waals surface area (Å²) in [6, 6.07) is 11.9. The van der Waals surface area contributed by atoms with Crippen molar-refractivity contribution in [2.75, 3.05) is 5.75 Å². The summed E-state index contributed by atoms with van der Waals surface area (Å²) in [5, 5.41) is 12.8. The first-order valence-electron chi connectivity index (χ1n) is 8.17. The molecule has 5 nitrogen and oxygen atoms in total. The van der Waals surface area contributed by atoms with Crippen LogP contribution in [0.2, 0.25) is 0 Å². The van der Waals surface area contributed by atoms with Crippen molar-refractivity contribution in [1.82, 2.24) is 20.5 Å². The molecule has 0 bridgehead atoms. The van der Waals surface area contributed by atoms with Gasteiger partial charge in [-0.2, -0.15) is 0 Å². The van der Waals surface area contributed by atoms with Gasteiger partial charge in [0.05, 0.1) is 11.8 Å². The molecule has 0 aliphatic rings. The second-order valence-corrected chi connectivity index (χ2v) is 8.90. The summed E-state index contributed by atoms with van der Waals surface area (Å²) in [5.41, 5.74) is 0.953. The van der Waals surface area contributed by atoms with E-state index in [2.05, 4.69) is 56.3 Å². The SMILES string of the molecule is CC(C)C(NC(=O)CSc1n[nH]c(-c2ccc(Br)cc2)n1)c1cccs1. The number of hydrogen-bond acceptors (Lipinski definition) is 5. The molecule has 1 amide bonds. The maximum atomic E-state index is 12.3. The summed E-state index contributed by atoms with van der Waals surface area (Å²) < 4.78 is 1.01. The van der Waals surface area contributed by atoms with Gasteiger partial charge in [-0.15, -0.1) is 16.4 Å². The molecule has 3 rings (SSSR count). The van der Waals surface area contributed by atoms with Gasteiger partial charge in [-0.3, -0.25) is 9.89 Å². The Kier molecular flexibility index (Phi) is 6.50. The summed E-state index contributed by atoms with van der Waals surface area (Å²) in [6.45, 7) is 4.22. The van der Waals surface area contributed by atoms with Crippen LogP contribution < -0.4 is 5.32 Å². The number of nitrogens with one attached hydrogen (secondary N) is 2. The molecule has 2 heterocycles. The number of thiophene rings is 1. The fourth-order valence-electron chi connectivity index (χ4n) is 2.43. The van der Waals surface area contributed by atoms with Crippen LogP contribution in [0, 0.1) is 5.92 Å². The number of halogens is 1. The molecule has 1 unspecified atom stereocenters. The van der Waals surface area contributed by atoms with E-state index in [0.717, 1.165) is 10.0 Å². The molecule has 0 fully saturated rings. The van der Waals surface area contributed by atoms with Gasteiger partial charge in [-0.25, -0.2) is 4.98 Å².